The van der Waals surface area contributed by atoms with E-state index < -0.39 is 5.60 Å². The van der Waals surface area contributed by atoms with E-state index >= 15 is 0 Å². The van der Waals surface area contributed by atoms with Gasteiger partial charge in [0.05, 0.1) is 29.7 Å². The molecule has 0 radical (unpaired) electrons. The van der Waals surface area contributed by atoms with Gasteiger partial charge in [0.25, 0.3) is 5.91 Å². The van der Waals surface area contributed by atoms with Gasteiger partial charge in [0.1, 0.15) is 5.60 Å². The number of likely N-dealkylation sites (tertiary alicyclic amines) is 1. The van der Waals surface area contributed by atoms with Gasteiger partial charge in [-0.15, -0.1) is 0 Å². The Morgan fingerprint density at radius 3 is 3.00 bits per heavy atom. The van der Waals surface area contributed by atoms with Crippen LogP contribution in [0.2, 0.25) is 0 Å². The van der Waals surface area contributed by atoms with Crippen molar-refractivity contribution >= 4 is 17.2 Å². The van der Waals surface area contributed by atoms with Crippen molar-refractivity contribution in [3.05, 3.63) is 46.5 Å². The first kappa shape index (κ1) is 14.2. The minimum atomic E-state index is -1.07. The van der Waals surface area contributed by atoms with Crippen molar-refractivity contribution in [2.24, 2.45) is 0 Å². The fourth-order valence-corrected chi connectivity index (χ4v) is 3.59. The van der Waals surface area contributed by atoms with Crippen LogP contribution in [0.5, 0.6) is 0 Å². The molecule has 1 aliphatic rings. The highest BCUT2D eigenvalue weighted by atomic mass is 32.1. The zero-order chi connectivity index (χ0) is 15.9. The largest absolute Gasteiger partial charge is 0.382 e. The van der Waals surface area contributed by atoms with E-state index in [2.05, 4.69) is 20.4 Å². The number of aromatic nitrogens is 4. The summed E-state index contributed by atoms with van der Waals surface area (Å²) >= 11 is 1.56. The average molecular weight is 329 g/mol. The lowest BCUT2D eigenvalue weighted by molar-refractivity contribution is 0.0382. The minimum absolute atomic E-state index is 0.129. The first-order valence-electron chi connectivity index (χ1n) is 7.25. The van der Waals surface area contributed by atoms with E-state index in [1.54, 1.807) is 34.7 Å². The average Bonchev–Trinajstić information content (AvgIpc) is 3.29. The Labute approximate surface area is 136 Å². The van der Waals surface area contributed by atoms with Gasteiger partial charge in [-0.3, -0.25) is 15.0 Å². The minimum Gasteiger partial charge on any atom is -0.382 e. The van der Waals surface area contributed by atoms with Gasteiger partial charge in [0.2, 0.25) is 0 Å². The number of amides is 1. The lowest BCUT2D eigenvalue weighted by Crippen LogP contribution is -2.34. The molecular formula is C15H15N5O2S. The molecule has 3 aromatic rings. The first-order chi connectivity index (χ1) is 11.2. The molecule has 1 saturated heterocycles. The second-order valence-electron chi connectivity index (χ2n) is 5.65. The SMILES string of the molecule is O=C(c1cn[nH]c1-c1ccsc1)N1CCC(O)(c2ccn[nH]2)C1. The number of rotatable bonds is 3. The number of carbonyl (C=O) groups excluding carboxylic acids is 1. The molecular weight excluding hydrogens is 314 g/mol. The highest BCUT2D eigenvalue weighted by Crippen LogP contribution is 2.32. The fraction of sp³-hybridized carbons (Fsp3) is 0.267. The van der Waals surface area contributed by atoms with E-state index in [0.717, 1.165) is 5.56 Å². The summed E-state index contributed by atoms with van der Waals surface area (Å²) in [6, 6.07) is 3.68. The predicted molar refractivity (Wildman–Crippen MR) is 84.9 cm³/mol. The number of thiophene rings is 1. The molecule has 0 aromatic carbocycles. The Bertz CT molecular complexity index is 811. The molecule has 8 heteroatoms. The van der Waals surface area contributed by atoms with Crippen molar-refractivity contribution in [3.8, 4) is 11.3 Å². The molecule has 3 N–H and O–H groups in total. The van der Waals surface area contributed by atoms with Gasteiger partial charge in [-0.2, -0.15) is 21.5 Å². The third kappa shape index (κ3) is 2.36. The Balaban J connectivity index is 1.59. The molecule has 0 saturated carbocycles. The number of hydrogen-bond acceptors (Lipinski definition) is 5. The Morgan fingerprint density at radius 1 is 1.35 bits per heavy atom. The third-order valence-electron chi connectivity index (χ3n) is 4.22. The van der Waals surface area contributed by atoms with E-state index in [9.17, 15) is 9.90 Å². The fourth-order valence-electron chi connectivity index (χ4n) is 2.95. The third-order valence-corrected chi connectivity index (χ3v) is 4.90. The molecule has 1 atom stereocenters. The lowest BCUT2D eigenvalue weighted by Gasteiger charge is -2.22. The van der Waals surface area contributed by atoms with Gasteiger partial charge in [-0.1, -0.05) is 0 Å². The van der Waals surface area contributed by atoms with Gasteiger partial charge in [0, 0.05) is 30.1 Å². The van der Waals surface area contributed by atoms with Crippen molar-refractivity contribution < 1.29 is 9.90 Å². The lowest BCUT2D eigenvalue weighted by atomic mass is 9.99. The van der Waals surface area contributed by atoms with Crippen molar-refractivity contribution in [3.63, 3.8) is 0 Å². The zero-order valence-electron chi connectivity index (χ0n) is 12.2. The summed E-state index contributed by atoms with van der Waals surface area (Å²) in [6.45, 7) is 0.727. The molecule has 118 valence electrons. The monoisotopic (exact) mass is 329 g/mol. The topological polar surface area (TPSA) is 97.9 Å². The van der Waals surface area contributed by atoms with Crippen LogP contribution in [0.1, 0.15) is 22.5 Å². The van der Waals surface area contributed by atoms with Crippen LogP contribution in [-0.4, -0.2) is 49.4 Å². The van der Waals surface area contributed by atoms with Crippen LogP contribution in [-0.2, 0) is 5.60 Å². The molecule has 0 bridgehead atoms. The molecule has 1 aliphatic heterocycles. The van der Waals surface area contributed by atoms with Crippen LogP contribution in [0.15, 0.2) is 35.3 Å². The van der Waals surface area contributed by atoms with Gasteiger partial charge in [0.15, 0.2) is 0 Å². The standard InChI is InChI=1S/C15H15N5O2S/c21-14(11-7-17-19-13(11)10-2-6-23-8-10)20-5-3-15(22,9-20)12-1-4-16-18-12/h1-2,4,6-8,22H,3,5,9H2,(H,16,18)(H,17,19). The molecule has 4 heterocycles. The van der Waals surface area contributed by atoms with Crippen LogP contribution in [0.4, 0.5) is 0 Å². The molecule has 7 nitrogen and oxygen atoms in total. The predicted octanol–water partition coefficient (Wildman–Crippen LogP) is 1.59. The molecule has 0 aliphatic carbocycles. The molecule has 1 unspecified atom stereocenters. The van der Waals surface area contributed by atoms with Gasteiger partial charge in [-0.05, 0) is 17.5 Å². The quantitative estimate of drug-likeness (QED) is 0.680. The normalized spacial score (nSPS) is 21.0. The van der Waals surface area contributed by atoms with E-state index in [-0.39, 0.29) is 12.5 Å². The summed E-state index contributed by atoms with van der Waals surface area (Å²) in [5, 5.41) is 28.2. The van der Waals surface area contributed by atoms with Gasteiger partial charge >= 0.3 is 0 Å². The molecule has 0 spiro atoms. The summed E-state index contributed by atoms with van der Waals surface area (Å²) in [6.07, 6.45) is 3.62. The summed E-state index contributed by atoms with van der Waals surface area (Å²) in [4.78, 5) is 14.5. The maximum atomic E-state index is 12.8. The van der Waals surface area contributed by atoms with Crippen LogP contribution < -0.4 is 0 Å². The van der Waals surface area contributed by atoms with Crippen LogP contribution in [0.3, 0.4) is 0 Å². The van der Waals surface area contributed by atoms with Crippen molar-refractivity contribution in [2.45, 2.75) is 12.0 Å². The van der Waals surface area contributed by atoms with Crippen molar-refractivity contribution in [2.75, 3.05) is 13.1 Å². The van der Waals surface area contributed by atoms with E-state index in [1.165, 1.54) is 0 Å². The number of carbonyl (C=O) groups is 1. The number of aromatic amines is 2. The molecule has 1 amide bonds. The number of H-pyrrole nitrogens is 2. The smallest absolute Gasteiger partial charge is 0.257 e. The Hall–Kier alpha value is -2.45. The summed E-state index contributed by atoms with van der Waals surface area (Å²) in [5.41, 5.74) is 1.75. The van der Waals surface area contributed by atoms with E-state index in [4.69, 9.17) is 0 Å². The maximum absolute atomic E-state index is 12.8. The molecule has 4 rings (SSSR count). The van der Waals surface area contributed by atoms with Gasteiger partial charge in [-0.25, -0.2) is 0 Å². The number of aliphatic hydroxyl groups is 1. The maximum Gasteiger partial charge on any atom is 0.257 e. The zero-order valence-corrected chi connectivity index (χ0v) is 13.0. The number of nitrogens with one attached hydrogen (secondary N) is 2. The second kappa shape index (κ2) is 5.32. The number of β-amino-alcohol motifs (C(OH)–C–C–N with tert-alkyl or cyclic N) is 1. The van der Waals surface area contributed by atoms with Crippen molar-refractivity contribution in [1.29, 1.82) is 0 Å². The van der Waals surface area contributed by atoms with Crippen molar-refractivity contribution in [1.82, 2.24) is 25.3 Å². The molecule has 3 aromatic heterocycles. The first-order valence-corrected chi connectivity index (χ1v) is 8.19. The number of hydrogen-bond donors (Lipinski definition) is 3. The second-order valence-corrected chi connectivity index (χ2v) is 6.43. The van der Waals surface area contributed by atoms with Crippen LogP contribution in [0, 0.1) is 0 Å². The highest BCUT2D eigenvalue weighted by Gasteiger charge is 2.41. The Morgan fingerprint density at radius 2 is 2.26 bits per heavy atom. The summed E-state index contributed by atoms with van der Waals surface area (Å²) in [7, 11) is 0. The van der Waals surface area contributed by atoms with E-state index in [1.807, 2.05) is 16.8 Å². The van der Waals surface area contributed by atoms with E-state index in [0.29, 0.717) is 29.9 Å². The van der Waals surface area contributed by atoms with Crippen LogP contribution in [0.25, 0.3) is 11.3 Å². The Kier molecular flexibility index (Phi) is 3.28. The van der Waals surface area contributed by atoms with Crippen LogP contribution >= 0.6 is 11.3 Å². The highest BCUT2D eigenvalue weighted by molar-refractivity contribution is 7.08. The number of nitrogens with zero attached hydrogens (tertiary/aromatic N) is 3. The summed E-state index contributed by atoms with van der Waals surface area (Å²) in [5.74, 6) is -0.129. The summed E-state index contributed by atoms with van der Waals surface area (Å²) < 4.78 is 0. The molecule has 23 heavy (non-hydrogen) atoms. The van der Waals surface area contributed by atoms with Gasteiger partial charge < -0.3 is 10.0 Å². The molecule has 1 fully saturated rings.